The van der Waals surface area contributed by atoms with Gasteiger partial charge in [0.15, 0.2) is 11.6 Å². The smallest absolute Gasteiger partial charge is 0.528 e. The standard InChI is InChI=1S/C16H15BO4/c1-11(18)13-7-3-5-9-15(13)20-17-21-16-10-6-4-8-14(16)12(2)19/h3-10,17H,1-2H3. The molecule has 0 spiro atoms. The summed E-state index contributed by atoms with van der Waals surface area (Å²) in [4.78, 5) is 23.0. The average molecular weight is 282 g/mol. The molecular formula is C16H15BO4. The van der Waals surface area contributed by atoms with Gasteiger partial charge in [-0.05, 0) is 38.1 Å². The Labute approximate surface area is 124 Å². The van der Waals surface area contributed by atoms with E-state index >= 15 is 0 Å². The Kier molecular flexibility index (Phi) is 4.77. The maximum absolute atomic E-state index is 11.5. The van der Waals surface area contributed by atoms with E-state index in [1.165, 1.54) is 13.8 Å². The average Bonchev–Trinajstić information content (AvgIpc) is 2.48. The third-order valence-corrected chi connectivity index (χ3v) is 2.96. The van der Waals surface area contributed by atoms with Crippen LogP contribution in [0, 0.1) is 0 Å². The van der Waals surface area contributed by atoms with Gasteiger partial charge in [-0.2, -0.15) is 0 Å². The van der Waals surface area contributed by atoms with E-state index in [1.807, 2.05) is 0 Å². The first-order chi connectivity index (χ1) is 10.1. The van der Waals surface area contributed by atoms with Crippen LogP contribution in [0.1, 0.15) is 34.6 Å². The number of rotatable bonds is 6. The monoisotopic (exact) mass is 282 g/mol. The number of carbonyl (C=O) groups is 2. The molecule has 5 heteroatoms. The zero-order chi connectivity index (χ0) is 15.2. The zero-order valence-corrected chi connectivity index (χ0v) is 12.0. The van der Waals surface area contributed by atoms with E-state index in [4.69, 9.17) is 9.31 Å². The largest absolute Gasteiger partial charge is 0.576 e. The SMILES string of the molecule is CC(=O)c1ccccc1OBOc1ccccc1C(C)=O. The van der Waals surface area contributed by atoms with E-state index in [2.05, 4.69) is 0 Å². The van der Waals surface area contributed by atoms with Crippen LogP contribution in [0.2, 0.25) is 0 Å². The summed E-state index contributed by atoms with van der Waals surface area (Å²) < 4.78 is 11.0. The molecule has 0 amide bonds. The molecule has 0 radical (unpaired) electrons. The maximum Gasteiger partial charge on any atom is 0.576 e. The lowest BCUT2D eigenvalue weighted by Crippen LogP contribution is -2.14. The lowest BCUT2D eigenvalue weighted by molar-refractivity contribution is 0.100. The summed E-state index contributed by atoms with van der Waals surface area (Å²) in [6, 6.07) is 13.9. The predicted octanol–water partition coefficient (Wildman–Crippen LogP) is 2.82. The summed E-state index contributed by atoms with van der Waals surface area (Å²) in [5.74, 6) is 0.778. The molecular weight excluding hydrogens is 267 g/mol. The fourth-order valence-electron chi connectivity index (χ4n) is 1.92. The fourth-order valence-corrected chi connectivity index (χ4v) is 1.92. The predicted molar refractivity (Wildman–Crippen MR) is 81.3 cm³/mol. The van der Waals surface area contributed by atoms with E-state index in [0.29, 0.717) is 22.6 Å². The van der Waals surface area contributed by atoms with Crippen molar-refractivity contribution in [1.82, 2.24) is 0 Å². The van der Waals surface area contributed by atoms with Crippen molar-refractivity contribution in [2.45, 2.75) is 13.8 Å². The molecule has 106 valence electrons. The van der Waals surface area contributed by atoms with Gasteiger partial charge in [0.25, 0.3) is 0 Å². The zero-order valence-electron chi connectivity index (χ0n) is 12.0. The number of hydrogen-bond acceptors (Lipinski definition) is 4. The van der Waals surface area contributed by atoms with Gasteiger partial charge >= 0.3 is 7.69 Å². The Bertz CT molecular complexity index is 609. The molecule has 0 N–H and O–H groups in total. The van der Waals surface area contributed by atoms with Gasteiger partial charge in [0, 0.05) is 0 Å². The summed E-state index contributed by atoms with van der Waals surface area (Å²) in [6.07, 6.45) is 0. The Balaban J connectivity index is 2.06. The number of benzene rings is 2. The van der Waals surface area contributed by atoms with Crippen molar-refractivity contribution < 1.29 is 18.9 Å². The van der Waals surface area contributed by atoms with Gasteiger partial charge < -0.3 is 9.31 Å². The van der Waals surface area contributed by atoms with Gasteiger partial charge in [-0.1, -0.05) is 24.3 Å². The van der Waals surface area contributed by atoms with Gasteiger partial charge in [-0.3, -0.25) is 9.59 Å². The van der Waals surface area contributed by atoms with Crippen molar-refractivity contribution >= 4 is 19.3 Å². The molecule has 0 saturated heterocycles. The van der Waals surface area contributed by atoms with Crippen molar-refractivity contribution in [3.05, 3.63) is 59.7 Å². The topological polar surface area (TPSA) is 52.6 Å². The second-order valence-electron chi connectivity index (χ2n) is 4.51. The molecule has 0 atom stereocenters. The quantitative estimate of drug-likeness (QED) is 0.604. The normalized spacial score (nSPS) is 9.81. The molecule has 21 heavy (non-hydrogen) atoms. The summed E-state index contributed by atoms with van der Waals surface area (Å²) >= 11 is 0. The van der Waals surface area contributed by atoms with Gasteiger partial charge in [0.2, 0.25) is 0 Å². The van der Waals surface area contributed by atoms with Crippen molar-refractivity contribution in [3.63, 3.8) is 0 Å². The van der Waals surface area contributed by atoms with E-state index in [9.17, 15) is 9.59 Å². The van der Waals surface area contributed by atoms with Crippen LogP contribution in [0.3, 0.4) is 0 Å². The third kappa shape index (κ3) is 3.72. The van der Waals surface area contributed by atoms with Crippen LogP contribution in [0.4, 0.5) is 0 Å². The van der Waals surface area contributed by atoms with Crippen molar-refractivity contribution in [1.29, 1.82) is 0 Å². The maximum atomic E-state index is 11.5. The van der Waals surface area contributed by atoms with Crippen LogP contribution in [0.25, 0.3) is 0 Å². The number of Topliss-reactive ketones (excluding diaryl/α,β-unsaturated/α-hetero) is 2. The first kappa shape index (κ1) is 14.8. The first-order valence-electron chi connectivity index (χ1n) is 6.55. The number of para-hydroxylation sites is 2. The Morgan fingerprint density at radius 3 is 1.52 bits per heavy atom. The molecule has 0 aromatic heterocycles. The summed E-state index contributed by atoms with van der Waals surface area (Å²) in [5, 5.41) is 0. The number of ketones is 2. The second-order valence-corrected chi connectivity index (χ2v) is 4.51. The molecule has 2 rings (SSSR count). The summed E-state index contributed by atoms with van der Waals surface area (Å²) in [5.41, 5.74) is 1.00. The van der Waals surface area contributed by atoms with Crippen LogP contribution < -0.4 is 9.31 Å². The molecule has 4 nitrogen and oxygen atoms in total. The second kappa shape index (κ2) is 6.75. The Hall–Kier alpha value is -2.56. The highest BCUT2D eigenvalue weighted by Crippen LogP contribution is 2.20. The van der Waals surface area contributed by atoms with Crippen molar-refractivity contribution in [3.8, 4) is 11.5 Å². The molecule has 0 aliphatic heterocycles. The molecule has 2 aromatic rings. The third-order valence-electron chi connectivity index (χ3n) is 2.96. The van der Waals surface area contributed by atoms with Crippen LogP contribution in [-0.4, -0.2) is 19.3 Å². The Morgan fingerprint density at radius 2 is 1.14 bits per heavy atom. The minimum Gasteiger partial charge on any atom is -0.528 e. The van der Waals surface area contributed by atoms with Crippen molar-refractivity contribution in [2.24, 2.45) is 0 Å². The molecule has 0 aliphatic carbocycles. The van der Waals surface area contributed by atoms with Crippen LogP contribution >= 0.6 is 0 Å². The minimum absolute atomic E-state index is 0.0743. The molecule has 0 bridgehead atoms. The van der Waals surface area contributed by atoms with Crippen LogP contribution in [-0.2, 0) is 0 Å². The van der Waals surface area contributed by atoms with Gasteiger partial charge in [0.1, 0.15) is 11.5 Å². The van der Waals surface area contributed by atoms with E-state index in [-0.39, 0.29) is 19.3 Å². The number of carbonyl (C=O) groups excluding carboxylic acids is 2. The minimum atomic E-state index is -0.0748. The van der Waals surface area contributed by atoms with E-state index in [0.717, 1.165) is 0 Å². The molecule has 0 heterocycles. The summed E-state index contributed by atoms with van der Waals surface area (Å²) in [6.45, 7) is 2.96. The molecule has 0 aliphatic rings. The molecule has 0 saturated carbocycles. The lowest BCUT2D eigenvalue weighted by atomic mass is 10.1. The van der Waals surface area contributed by atoms with E-state index in [1.54, 1.807) is 48.5 Å². The summed E-state index contributed by atoms with van der Waals surface area (Å²) in [7, 11) is -0.0748. The van der Waals surface area contributed by atoms with Crippen LogP contribution in [0.15, 0.2) is 48.5 Å². The first-order valence-corrected chi connectivity index (χ1v) is 6.55. The highest BCUT2D eigenvalue weighted by molar-refractivity contribution is 6.21. The molecule has 0 unspecified atom stereocenters. The molecule has 2 aromatic carbocycles. The number of hydrogen-bond donors (Lipinski definition) is 0. The highest BCUT2D eigenvalue weighted by atomic mass is 16.6. The lowest BCUT2D eigenvalue weighted by Gasteiger charge is -2.11. The fraction of sp³-hybridized carbons (Fsp3) is 0.125. The highest BCUT2D eigenvalue weighted by Gasteiger charge is 2.11. The van der Waals surface area contributed by atoms with Crippen molar-refractivity contribution in [2.75, 3.05) is 0 Å². The van der Waals surface area contributed by atoms with Gasteiger partial charge in [-0.15, -0.1) is 0 Å². The molecule has 0 fully saturated rings. The van der Waals surface area contributed by atoms with Gasteiger partial charge in [0.05, 0.1) is 11.1 Å². The Morgan fingerprint density at radius 1 is 0.762 bits per heavy atom. The van der Waals surface area contributed by atoms with Crippen LogP contribution in [0.5, 0.6) is 11.5 Å². The van der Waals surface area contributed by atoms with E-state index < -0.39 is 0 Å². The van der Waals surface area contributed by atoms with Gasteiger partial charge in [-0.25, -0.2) is 0 Å².